The quantitative estimate of drug-likeness (QED) is 0.812. The summed E-state index contributed by atoms with van der Waals surface area (Å²) < 4.78 is 1.70. The summed E-state index contributed by atoms with van der Waals surface area (Å²) in [7, 11) is 0. The molecule has 2 aromatic rings. The fourth-order valence-corrected chi connectivity index (χ4v) is 1.90. The van der Waals surface area contributed by atoms with Crippen molar-refractivity contribution >= 4 is 5.95 Å². The largest absolute Gasteiger partial charge is 0.395 e. The second-order valence-electron chi connectivity index (χ2n) is 4.29. The second-order valence-corrected chi connectivity index (χ2v) is 4.29. The van der Waals surface area contributed by atoms with Crippen LogP contribution in [0.1, 0.15) is 19.8 Å². The first kappa shape index (κ1) is 13.5. The van der Waals surface area contributed by atoms with Crippen molar-refractivity contribution in [3.63, 3.8) is 0 Å². The van der Waals surface area contributed by atoms with Gasteiger partial charge < -0.3 is 10.0 Å². The van der Waals surface area contributed by atoms with E-state index in [9.17, 15) is 5.11 Å². The van der Waals surface area contributed by atoms with Crippen molar-refractivity contribution in [3.8, 4) is 5.69 Å². The van der Waals surface area contributed by atoms with E-state index in [1.54, 1.807) is 4.68 Å². The molecule has 6 heteroatoms. The Morgan fingerprint density at radius 1 is 1.21 bits per heavy atom. The number of nitrogens with zero attached hydrogens (tertiary/aromatic N) is 5. The molecule has 1 aromatic heterocycles. The van der Waals surface area contributed by atoms with E-state index in [1.807, 2.05) is 35.2 Å². The summed E-state index contributed by atoms with van der Waals surface area (Å²) in [4.78, 5) is 2.01. The molecule has 1 N–H and O–H groups in total. The van der Waals surface area contributed by atoms with Crippen LogP contribution in [0.3, 0.4) is 0 Å². The molecule has 0 bridgehead atoms. The molecule has 0 unspecified atom stereocenters. The van der Waals surface area contributed by atoms with Crippen molar-refractivity contribution < 1.29 is 5.11 Å². The molecule has 0 fully saturated rings. The SMILES string of the molecule is CCCCN(CCO)c1nnnn1-c1ccccc1. The average molecular weight is 261 g/mol. The van der Waals surface area contributed by atoms with Crippen LogP contribution in [0.2, 0.25) is 0 Å². The Labute approximate surface area is 112 Å². The van der Waals surface area contributed by atoms with Gasteiger partial charge in [0.15, 0.2) is 0 Å². The second kappa shape index (κ2) is 6.84. The lowest BCUT2D eigenvalue weighted by atomic mass is 10.3. The zero-order chi connectivity index (χ0) is 13.5. The van der Waals surface area contributed by atoms with Crippen LogP contribution in [0, 0.1) is 0 Å². The van der Waals surface area contributed by atoms with E-state index in [2.05, 4.69) is 22.4 Å². The average Bonchev–Trinajstić information content (AvgIpc) is 2.93. The highest BCUT2D eigenvalue weighted by molar-refractivity contribution is 5.40. The first-order valence-corrected chi connectivity index (χ1v) is 6.56. The van der Waals surface area contributed by atoms with Crippen molar-refractivity contribution in [2.75, 3.05) is 24.6 Å². The highest BCUT2D eigenvalue weighted by atomic mass is 16.3. The van der Waals surface area contributed by atoms with Gasteiger partial charge in [0, 0.05) is 13.1 Å². The molecule has 0 aliphatic carbocycles. The number of anilines is 1. The number of para-hydroxylation sites is 1. The van der Waals surface area contributed by atoms with Crippen molar-refractivity contribution in [2.24, 2.45) is 0 Å². The minimum absolute atomic E-state index is 0.0887. The number of tetrazole rings is 1. The summed E-state index contributed by atoms with van der Waals surface area (Å²) in [6.45, 7) is 3.60. The van der Waals surface area contributed by atoms with Crippen LogP contribution in [0.15, 0.2) is 30.3 Å². The zero-order valence-corrected chi connectivity index (χ0v) is 11.1. The van der Waals surface area contributed by atoms with Crippen LogP contribution in [0.25, 0.3) is 5.69 Å². The fourth-order valence-electron chi connectivity index (χ4n) is 1.90. The normalized spacial score (nSPS) is 10.6. The van der Waals surface area contributed by atoms with E-state index in [0.29, 0.717) is 12.5 Å². The molecule has 1 heterocycles. The minimum Gasteiger partial charge on any atom is -0.395 e. The molecule has 0 spiro atoms. The predicted octanol–water partition coefficient (Wildman–Crippen LogP) is 1.26. The maximum Gasteiger partial charge on any atom is 0.250 e. The molecule has 2 rings (SSSR count). The predicted molar refractivity (Wildman–Crippen MR) is 73.4 cm³/mol. The number of aliphatic hydroxyl groups is 1. The van der Waals surface area contributed by atoms with Crippen molar-refractivity contribution in [1.82, 2.24) is 20.2 Å². The summed E-state index contributed by atoms with van der Waals surface area (Å²) in [6.07, 6.45) is 2.14. The third-order valence-electron chi connectivity index (χ3n) is 2.89. The van der Waals surface area contributed by atoms with Gasteiger partial charge in [-0.15, -0.1) is 0 Å². The van der Waals surface area contributed by atoms with Gasteiger partial charge in [-0.25, -0.2) is 0 Å². The lowest BCUT2D eigenvalue weighted by Crippen LogP contribution is -2.30. The fraction of sp³-hybridized carbons (Fsp3) is 0.462. The molecule has 0 aliphatic heterocycles. The molecule has 0 saturated heterocycles. The Kier molecular flexibility index (Phi) is 4.85. The third kappa shape index (κ3) is 3.29. The number of rotatable bonds is 7. The Morgan fingerprint density at radius 3 is 2.68 bits per heavy atom. The first-order valence-electron chi connectivity index (χ1n) is 6.56. The lowest BCUT2D eigenvalue weighted by Gasteiger charge is -2.21. The number of benzene rings is 1. The van der Waals surface area contributed by atoms with Crippen molar-refractivity contribution in [1.29, 1.82) is 0 Å². The molecule has 0 atom stereocenters. The first-order chi connectivity index (χ1) is 9.36. The minimum atomic E-state index is 0.0887. The van der Waals surface area contributed by atoms with Crippen molar-refractivity contribution in [3.05, 3.63) is 30.3 Å². The van der Waals surface area contributed by atoms with Crippen molar-refractivity contribution in [2.45, 2.75) is 19.8 Å². The lowest BCUT2D eigenvalue weighted by molar-refractivity contribution is 0.300. The third-order valence-corrected chi connectivity index (χ3v) is 2.89. The topological polar surface area (TPSA) is 67.1 Å². The van der Waals surface area contributed by atoms with Crippen LogP contribution < -0.4 is 4.90 Å². The van der Waals surface area contributed by atoms with Gasteiger partial charge in [-0.1, -0.05) is 36.6 Å². The van der Waals surface area contributed by atoms with Crippen LogP contribution in [-0.4, -0.2) is 45.0 Å². The van der Waals surface area contributed by atoms with E-state index < -0.39 is 0 Å². The van der Waals surface area contributed by atoms with Gasteiger partial charge in [-0.2, -0.15) is 4.68 Å². The van der Waals surface area contributed by atoms with Gasteiger partial charge in [0.1, 0.15) is 0 Å². The van der Waals surface area contributed by atoms with Gasteiger partial charge >= 0.3 is 0 Å². The molecule has 6 nitrogen and oxygen atoms in total. The van der Waals surface area contributed by atoms with Gasteiger partial charge in [-0.3, -0.25) is 0 Å². The Hall–Kier alpha value is -1.95. The number of hydrogen-bond donors (Lipinski definition) is 1. The molecule has 0 aliphatic rings. The maximum atomic E-state index is 9.18. The van der Waals surface area contributed by atoms with Crippen LogP contribution in [-0.2, 0) is 0 Å². The number of aliphatic hydroxyl groups excluding tert-OH is 1. The van der Waals surface area contributed by atoms with E-state index >= 15 is 0 Å². The Morgan fingerprint density at radius 2 is 2.00 bits per heavy atom. The summed E-state index contributed by atoms with van der Waals surface area (Å²) in [6, 6.07) is 9.76. The van der Waals surface area contributed by atoms with Gasteiger partial charge in [-0.05, 0) is 29.0 Å². The van der Waals surface area contributed by atoms with E-state index in [4.69, 9.17) is 0 Å². The number of aromatic nitrogens is 4. The Bertz CT molecular complexity index is 485. The van der Waals surface area contributed by atoms with E-state index in [-0.39, 0.29) is 6.61 Å². The Balaban J connectivity index is 2.26. The van der Waals surface area contributed by atoms with Gasteiger partial charge in [0.25, 0.3) is 0 Å². The van der Waals surface area contributed by atoms with Crippen LogP contribution >= 0.6 is 0 Å². The number of unbranched alkanes of at least 4 members (excludes halogenated alkanes) is 1. The van der Waals surface area contributed by atoms with E-state index in [1.165, 1.54) is 0 Å². The van der Waals surface area contributed by atoms with Crippen LogP contribution in [0.4, 0.5) is 5.95 Å². The molecular formula is C13H19N5O. The summed E-state index contributed by atoms with van der Waals surface area (Å²) in [5.41, 5.74) is 0.918. The zero-order valence-electron chi connectivity index (χ0n) is 11.1. The summed E-state index contributed by atoms with van der Waals surface area (Å²) >= 11 is 0. The molecule has 1 aromatic carbocycles. The molecule has 102 valence electrons. The molecule has 0 amide bonds. The molecule has 0 saturated carbocycles. The van der Waals surface area contributed by atoms with Gasteiger partial charge in [0.2, 0.25) is 5.95 Å². The number of hydrogen-bond acceptors (Lipinski definition) is 5. The monoisotopic (exact) mass is 261 g/mol. The summed E-state index contributed by atoms with van der Waals surface area (Å²) in [5.74, 6) is 0.675. The molecule has 19 heavy (non-hydrogen) atoms. The molecule has 0 radical (unpaired) electrons. The van der Waals surface area contributed by atoms with E-state index in [0.717, 1.165) is 25.1 Å². The van der Waals surface area contributed by atoms with Crippen LogP contribution in [0.5, 0.6) is 0 Å². The summed E-state index contributed by atoms with van der Waals surface area (Å²) in [5, 5.41) is 21.0. The maximum absolute atomic E-state index is 9.18. The highest BCUT2D eigenvalue weighted by Gasteiger charge is 2.15. The smallest absolute Gasteiger partial charge is 0.250 e. The molecular weight excluding hydrogens is 242 g/mol. The highest BCUT2D eigenvalue weighted by Crippen LogP contribution is 2.15. The van der Waals surface area contributed by atoms with Gasteiger partial charge in [0.05, 0.1) is 12.3 Å². The standard InChI is InChI=1S/C13H19N5O/c1-2-3-9-17(10-11-19)13-14-15-16-18(13)12-7-5-4-6-8-12/h4-8,19H,2-3,9-11H2,1H3.